The van der Waals surface area contributed by atoms with Crippen molar-refractivity contribution in [1.82, 2.24) is 20.1 Å². The quantitative estimate of drug-likeness (QED) is 0.704. The third kappa shape index (κ3) is 6.30. The number of carbonyl (C=O) groups excluding carboxylic acids is 1. The molecule has 1 aliphatic rings. The summed E-state index contributed by atoms with van der Waals surface area (Å²) in [6, 6.07) is 7.31. The van der Waals surface area contributed by atoms with Crippen LogP contribution in [0.3, 0.4) is 0 Å². The zero-order chi connectivity index (χ0) is 19.1. The maximum Gasteiger partial charge on any atom is 0.251 e. The van der Waals surface area contributed by atoms with Gasteiger partial charge in [-0.05, 0) is 45.1 Å². The molecule has 146 valence electrons. The molecule has 1 aromatic heterocycles. The van der Waals surface area contributed by atoms with E-state index in [2.05, 4.69) is 27.1 Å². The first-order chi connectivity index (χ1) is 13.1. The molecule has 1 fully saturated rings. The summed E-state index contributed by atoms with van der Waals surface area (Å²) in [7, 11) is 2.16. The Morgan fingerprint density at radius 1 is 1.30 bits per heavy atom. The van der Waals surface area contributed by atoms with Gasteiger partial charge in [-0.1, -0.05) is 6.07 Å². The van der Waals surface area contributed by atoms with Crippen molar-refractivity contribution >= 4 is 17.2 Å². The van der Waals surface area contributed by atoms with Crippen LogP contribution in [0.15, 0.2) is 29.6 Å². The highest BCUT2D eigenvalue weighted by atomic mass is 32.1. The highest BCUT2D eigenvalue weighted by Crippen LogP contribution is 2.16. The standard InChI is InChI=1S/C20H28N4O2S/c1-16-22-18(15-27-16)14-26-19-6-3-5-17(13-19)20(25)21-7-4-8-24-11-9-23(2)10-12-24/h3,5-6,13,15H,4,7-12,14H2,1-2H3,(H,21,25). The summed E-state index contributed by atoms with van der Waals surface area (Å²) in [4.78, 5) is 21.6. The molecule has 1 N–H and O–H groups in total. The van der Waals surface area contributed by atoms with Crippen LogP contribution >= 0.6 is 11.3 Å². The first-order valence-electron chi connectivity index (χ1n) is 9.43. The Balaban J connectivity index is 1.40. The van der Waals surface area contributed by atoms with Gasteiger partial charge in [0.15, 0.2) is 0 Å². The number of ether oxygens (including phenoxy) is 1. The molecule has 0 saturated carbocycles. The van der Waals surface area contributed by atoms with E-state index in [0.717, 1.165) is 49.8 Å². The molecule has 0 radical (unpaired) electrons. The number of rotatable bonds is 8. The molecule has 3 rings (SSSR count). The van der Waals surface area contributed by atoms with Gasteiger partial charge in [-0.25, -0.2) is 4.98 Å². The Bertz CT molecular complexity index is 741. The van der Waals surface area contributed by atoms with E-state index >= 15 is 0 Å². The smallest absolute Gasteiger partial charge is 0.251 e. The lowest BCUT2D eigenvalue weighted by molar-refractivity contribution is 0.0949. The lowest BCUT2D eigenvalue weighted by Gasteiger charge is -2.32. The lowest BCUT2D eigenvalue weighted by Crippen LogP contribution is -2.45. The number of nitrogens with zero attached hydrogens (tertiary/aromatic N) is 3. The molecule has 1 saturated heterocycles. The van der Waals surface area contributed by atoms with Gasteiger partial charge in [0.05, 0.1) is 10.7 Å². The minimum absolute atomic E-state index is 0.0525. The Kier molecular flexibility index (Phi) is 7.20. The number of hydrogen-bond acceptors (Lipinski definition) is 6. The van der Waals surface area contributed by atoms with Crippen molar-refractivity contribution in [2.75, 3.05) is 46.3 Å². The monoisotopic (exact) mass is 388 g/mol. The number of amides is 1. The van der Waals surface area contributed by atoms with Crippen LogP contribution in [0.4, 0.5) is 0 Å². The minimum Gasteiger partial charge on any atom is -0.487 e. The van der Waals surface area contributed by atoms with E-state index in [4.69, 9.17) is 4.74 Å². The SMILES string of the molecule is Cc1nc(COc2cccc(C(=O)NCCCN3CCN(C)CC3)c2)cs1. The zero-order valence-corrected chi connectivity index (χ0v) is 16.9. The third-order valence-corrected chi connectivity index (χ3v) is 5.50. The Morgan fingerprint density at radius 2 is 2.11 bits per heavy atom. The van der Waals surface area contributed by atoms with Crippen LogP contribution in [-0.4, -0.2) is 67.0 Å². The van der Waals surface area contributed by atoms with Crippen molar-refractivity contribution < 1.29 is 9.53 Å². The number of piperazine rings is 1. The van der Waals surface area contributed by atoms with Crippen LogP contribution in [-0.2, 0) is 6.61 Å². The Morgan fingerprint density at radius 3 is 2.85 bits per heavy atom. The van der Waals surface area contributed by atoms with Crippen LogP contribution < -0.4 is 10.1 Å². The highest BCUT2D eigenvalue weighted by Gasteiger charge is 2.13. The molecule has 1 amide bonds. The van der Waals surface area contributed by atoms with Crippen LogP contribution in [0.5, 0.6) is 5.75 Å². The second-order valence-electron chi connectivity index (χ2n) is 6.93. The third-order valence-electron chi connectivity index (χ3n) is 4.68. The Labute approximate surface area is 165 Å². The fourth-order valence-electron chi connectivity index (χ4n) is 3.04. The van der Waals surface area contributed by atoms with Gasteiger partial charge in [-0.3, -0.25) is 4.79 Å². The van der Waals surface area contributed by atoms with E-state index in [1.54, 1.807) is 17.4 Å². The van der Waals surface area contributed by atoms with Crippen molar-refractivity contribution in [2.45, 2.75) is 20.0 Å². The molecular formula is C20H28N4O2S. The van der Waals surface area contributed by atoms with Gasteiger partial charge in [0.1, 0.15) is 12.4 Å². The molecule has 27 heavy (non-hydrogen) atoms. The van der Waals surface area contributed by atoms with Crippen LogP contribution in [0.25, 0.3) is 0 Å². The maximum absolute atomic E-state index is 12.4. The molecule has 2 aromatic rings. The molecule has 6 nitrogen and oxygen atoms in total. The normalized spacial score (nSPS) is 15.6. The van der Waals surface area contributed by atoms with Crippen LogP contribution in [0.2, 0.25) is 0 Å². The summed E-state index contributed by atoms with van der Waals surface area (Å²) in [5.41, 5.74) is 1.54. The molecule has 0 aliphatic carbocycles. The summed E-state index contributed by atoms with van der Waals surface area (Å²) in [5, 5.41) is 6.03. The number of carbonyl (C=O) groups is 1. The number of aromatic nitrogens is 1. The number of likely N-dealkylation sites (N-methyl/N-ethyl adjacent to an activating group) is 1. The van der Waals surface area contributed by atoms with E-state index < -0.39 is 0 Å². The first kappa shape index (κ1) is 19.8. The van der Waals surface area contributed by atoms with Gasteiger partial charge in [0.2, 0.25) is 0 Å². The fourth-order valence-corrected chi connectivity index (χ4v) is 3.63. The van der Waals surface area contributed by atoms with Gasteiger partial charge >= 0.3 is 0 Å². The van der Waals surface area contributed by atoms with Gasteiger partial charge < -0.3 is 19.9 Å². The van der Waals surface area contributed by atoms with Crippen molar-refractivity contribution in [2.24, 2.45) is 0 Å². The molecule has 0 bridgehead atoms. The predicted octanol–water partition coefficient (Wildman–Crippen LogP) is 2.40. The molecule has 0 spiro atoms. The predicted molar refractivity (Wildman–Crippen MR) is 109 cm³/mol. The summed E-state index contributed by atoms with van der Waals surface area (Å²) in [6.45, 7) is 8.59. The van der Waals surface area contributed by atoms with E-state index in [-0.39, 0.29) is 5.91 Å². The molecule has 1 aliphatic heterocycles. The Hall–Kier alpha value is -1.96. The molecule has 2 heterocycles. The summed E-state index contributed by atoms with van der Waals surface area (Å²) >= 11 is 1.61. The van der Waals surface area contributed by atoms with E-state index in [1.807, 2.05) is 30.5 Å². The van der Waals surface area contributed by atoms with Gasteiger partial charge in [-0.15, -0.1) is 11.3 Å². The van der Waals surface area contributed by atoms with Gasteiger partial charge in [0.25, 0.3) is 5.91 Å². The summed E-state index contributed by atoms with van der Waals surface area (Å²) in [6.07, 6.45) is 0.967. The fraction of sp³-hybridized carbons (Fsp3) is 0.500. The van der Waals surface area contributed by atoms with Crippen molar-refractivity contribution in [3.8, 4) is 5.75 Å². The largest absolute Gasteiger partial charge is 0.487 e. The summed E-state index contributed by atoms with van der Waals surface area (Å²) in [5.74, 6) is 0.633. The second kappa shape index (κ2) is 9.82. The number of aryl methyl sites for hydroxylation is 1. The van der Waals surface area contributed by atoms with E-state index in [1.165, 1.54) is 0 Å². The average Bonchev–Trinajstić information content (AvgIpc) is 3.10. The second-order valence-corrected chi connectivity index (χ2v) is 7.99. The minimum atomic E-state index is -0.0525. The van der Waals surface area contributed by atoms with Crippen LogP contribution in [0.1, 0.15) is 27.5 Å². The average molecular weight is 389 g/mol. The molecule has 1 aromatic carbocycles. The highest BCUT2D eigenvalue weighted by molar-refractivity contribution is 7.09. The van der Waals surface area contributed by atoms with Gasteiger partial charge in [-0.2, -0.15) is 0 Å². The molecule has 0 unspecified atom stereocenters. The molecule has 7 heteroatoms. The van der Waals surface area contributed by atoms with E-state index in [9.17, 15) is 4.79 Å². The topological polar surface area (TPSA) is 57.7 Å². The van der Waals surface area contributed by atoms with Crippen LogP contribution in [0, 0.1) is 6.92 Å². The van der Waals surface area contributed by atoms with Crippen molar-refractivity contribution in [3.63, 3.8) is 0 Å². The number of thiazole rings is 1. The van der Waals surface area contributed by atoms with Crippen molar-refractivity contribution in [3.05, 3.63) is 45.9 Å². The molecular weight excluding hydrogens is 360 g/mol. The van der Waals surface area contributed by atoms with Crippen molar-refractivity contribution in [1.29, 1.82) is 0 Å². The zero-order valence-electron chi connectivity index (χ0n) is 16.1. The number of benzene rings is 1. The summed E-state index contributed by atoms with van der Waals surface area (Å²) < 4.78 is 5.76. The number of hydrogen-bond donors (Lipinski definition) is 1. The molecule has 0 atom stereocenters. The first-order valence-corrected chi connectivity index (χ1v) is 10.3. The van der Waals surface area contributed by atoms with Gasteiger partial charge in [0, 0.05) is 43.7 Å². The lowest BCUT2D eigenvalue weighted by atomic mass is 10.2. The number of nitrogens with one attached hydrogen (secondary N) is 1. The van der Waals surface area contributed by atoms with E-state index in [0.29, 0.717) is 24.5 Å². The maximum atomic E-state index is 12.4.